The van der Waals surface area contributed by atoms with E-state index in [2.05, 4.69) is 28.4 Å². The van der Waals surface area contributed by atoms with E-state index in [9.17, 15) is 4.39 Å². The Morgan fingerprint density at radius 1 is 0.903 bits per heavy atom. The molecule has 0 aliphatic rings. The van der Waals surface area contributed by atoms with Crippen LogP contribution in [0.15, 0.2) is 48.5 Å². The second kappa shape index (κ2) is 11.5. The van der Waals surface area contributed by atoms with Gasteiger partial charge in [-0.1, -0.05) is 12.1 Å². The van der Waals surface area contributed by atoms with Gasteiger partial charge < -0.3 is 24.4 Å². The number of fused-ring (bicyclic) bond motifs is 1. The first-order valence-corrected chi connectivity index (χ1v) is 10.4. The summed E-state index contributed by atoms with van der Waals surface area (Å²) in [5.41, 5.74) is 4.86. The zero-order valence-electron chi connectivity index (χ0n) is 18.4. The molecule has 0 spiro atoms. The molecule has 0 bridgehead atoms. The summed E-state index contributed by atoms with van der Waals surface area (Å²) in [4.78, 5) is 6.91. The minimum atomic E-state index is -0.477. The fourth-order valence-electron chi connectivity index (χ4n) is 3.15. The number of halogens is 1. The standard InChI is InChI=1S/C24H30FN3O3/c1-26-23-8-5-19(17-24(23)31-15-14-30-13-12-29-11-10-25)21-7-4-18-16-20(28(2)3)6-9-22(18)27-21/h4-9,16-17,26H,10-15H2,1-3H3. The highest BCUT2D eigenvalue weighted by molar-refractivity contribution is 5.85. The molecule has 0 atom stereocenters. The Morgan fingerprint density at radius 3 is 2.42 bits per heavy atom. The molecule has 0 radical (unpaired) electrons. The average molecular weight is 428 g/mol. The van der Waals surface area contributed by atoms with Crippen LogP contribution in [0.4, 0.5) is 15.8 Å². The number of nitrogens with one attached hydrogen (secondary N) is 1. The van der Waals surface area contributed by atoms with Crippen LogP contribution in [0.3, 0.4) is 0 Å². The van der Waals surface area contributed by atoms with Crippen molar-refractivity contribution in [2.45, 2.75) is 0 Å². The summed E-state index contributed by atoms with van der Waals surface area (Å²) in [6, 6.07) is 16.4. The number of hydrogen-bond donors (Lipinski definition) is 1. The van der Waals surface area contributed by atoms with Crippen LogP contribution >= 0.6 is 0 Å². The SMILES string of the molecule is CNc1ccc(-c2ccc3cc(N(C)C)ccc3n2)cc1OCCOCCOCCF. The van der Waals surface area contributed by atoms with Crippen LogP contribution in [0.25, 0.3) is 22.2 Å². The molecule has 3 aromatic rings. The lowest BCUT2D eigenvalue weighted by Gasteiger charge is -2.14. The number of rotatable bonds is 12. The summed E-state index contributed by atoms with van der Waals surface area (Å²) >= 11 is 0. The molecular formula is C24H30FN3O3. The van der Waals surface area contributed by atoms with Gasteiger partial charge in [0.2, 0.25) is 0 Å². The molecule has 6 nitrogen and oxygen atoms in total. The molecule has 0 saturated carbocycles. The Balaban J connectivity index is 1.67. The molecule has 0 aliphatic heterocycles. The minimum absolute atomic E-state index is 0.109. The first kappa shape index (κ1) is 22.8. The van der Waals surface area contributed by atoms with Gasteiger partial charge in [-0.05, 0) is 36.4 Å². The second-order valence-electron chi connectivity index (χ2n) is 7.19. The fourth-order valence-corrected chi connectivity index (χ4v) is 3.15. The average Bonchev–Trinajstić information content (AvgIpc) is 2.80. The third kappa shape index (κ3) is 6.29. The fraction of sp³-hybridized carbons (Fsp3) is 0.375. The van der Waals surface area contributed by atoms with E-state index in [0.717, 1.165) is 39.3 Å². The van der Waals surface area contributed by atoms with E-state index in [1.807, 2.05) is 51.5 Å². The van der Waals surface area contributed by atoms with Crippen molar-refractivity contribution in [3.05, 3.63) is 48.5 Å². The topological polar surface area (TPSA) is 55.9 Å². The summed E-state index contributed by atoms with van der Waals surface area (Å²) in [7, 11) is 5.91. The smallest absolute Gasteiger partial charge is 0.143 e. The van der Waals surface area contributed by atoms with Gasteiger partial charge in [-0.3, -0.25) is 0 Å². The van der Waals surface area contributed by atoms with E-state index < -0.39 is 6.67 Å². The highest BCUT2D eigenvalue weighted by atomic mass is 19.1. The summed E-state index contributed by atoms with van der Waals surface area (Å²) in [5.74, 6) is 0.738. The summed E-state index contributed by atoms with van der Waals surface area (Å²) < 4.78 is 28.4. The molecule has 1 N–H and O–H groups in total. The van der Waals surface area contributed by atoms with Gasteiger partial charge in [-0.25, -0.2) is 9.37 Å². The van der Waals surface area contributed by atoms with Crippen molar-refractivity contribution in [1.82, 2.24) is 4.98 Å². The van der Waals surface area contributed by atoms with Crippen molar-refractivity contribution in [3.63, 3.8) is 0 Å². The van der Waals surface area contributed by atoms with Crippen molar-refractivity contribution in [2.24, 2.45) is 0 Å². The quantitative estimate of drug-likeness (QED) is 0.433. The molecule has 0 fully saturated rings. The number of aromatic nitrogens is 1. The predicted octanol–water partition coefficient (Wildman–Crippen LogP) is 4.39. The molecule has 0 unspecified atom stereocenters. The number of benzene rings is 2. The van der Waals surface area contributed by atoms with Gasteiger partial charge in [0.25, 0.3) is 0 Å². The number of hydrogen-bond acceptors (Lipinski definition) is 6. The van der Waals surface area contributed by atoms with Crippen LogP contribution in [0.2, 0.25) is 0 Å². The maximum atomic E-state index is 12.0. The zero-order valence-corrected chi connectivity index (χ0v) is 18.4. The lowest BCUT2D eigenvalue weighted by molar-refractivity contribution is 0.0326. The normalized spacial score (nSPS) is 11.0. The number of anilines is 2. The van der Waals surface area contributed by atoms with Crippen molar-refractivity contribution in [1.29, 1.82) is 0 Å². The van der Waals surface area contributed by atoms with E-state index in [1.54, 1.807) is 0 Å². The Hall–Kier alpha value is -2.90. The van der Waals surface area contributed by atoms with E-state index in [4.69, 9.17) is 19.2 Å². The number of ether oxygens (including phenoxy) is 3. The molecule has 0 amide bonds. The Bertz CT molecular complexity index is 981. The monoisotopic (exact) mass is 427 g/mol. The highest BCUT2D eigenvalue weighted by Gasteiger charge is 2.08. The molecule has 7 heteroatoms. The molecule has 2 aromatic carbocycles. The van der Waals surface area contributed by atoms with Crippen molar-refractivity contribution in [3.8, 4) is 17.0 Å². The van der Waals surface area contributed by atoms with Crippen LogP contribution < -0.4 is 15.0 Å². The summed E-state index contributed by atoms with van der Waals surface area (Å²) in [6.45, 7) is 1.26. The molecule has 1 heterocycles. The van der Waals surface area contributed by atoms with Crippen LogP contribution in [-0.4, -0.2) is 65.8 Å². The molecule has 166 valence electrons. The lowest BCUT2D eigenvalue weighted by Crippen LogP contribution is -2.12. The molecule has 0 saturated heterocycles. The predicted molar refractivity (Wildman–Crippen MR) is 124 cm³/mol. The van der Waals surface area contributed by atoms with Gasteiger partial charge in [0.15, 0.2) is 0 Å². The minimum Gasteiger partial charge on any atom is -0.489 e. The molecule has 31 heavy (non-hydrogen) atoms. The molecule has 3 rings (SSSR count). The third-order valence-corrected chi connectivity index (χ3v) is 4.81. The van der Waals surface area contributed by atoms with Crippen LogP contribution in [0.1, 0.15) is 0 Å². The summed E-state index contributed by atoms with van der Waals surface area (Å²) in [6.07, 6.45) is 0. The van der Waals surface area contributed by atoms with Gasteiger partial charge in [0.05, 0.1) is 43.3 Å². The molecule has 1 aromatic heterocycles. The Kier molecular flexibility index (Phi) is 8.44. The van der Waals surface area contributed by atoms with E-state index in [0.29, 0.717) is 26.4 Å². The van der Waals surface area contributed by atoms with Crippen molar-refractivity contribution < 1.29 is 18.6 Å². The Labute approximate surface area is 182 Å². The first-order chi connectivity index (χ1) is 15.1. The maximum absolute atomic E-state index is 12.0. The van der Waals surface area contributed by atoms with Crippen LogP contribution in [0, 0.1) is 0 Å². The maximum Gasteiger partial charge on any atom is 0.143 e. The summed E-state index contributed by atoms with van der Waals surface area (Å²) in [5, 5.41) is 4.25. The zero-order chi connectivity index (χ0) is 22.1. The van der Waals surface area contributed by atoms with Crippen molar-refractivity contribution >= 4 is 22.3 Å². The lowest BCUT2D eigenvalue weighted by atomic mass is 10.1. The van der Waals surface area contributed by atoms with Crippen LogP contribution in [0.5, 0.6) is 5.75 Å². The van der Waals surface area contributed by atoms with Gasteiger partial charge in [0.1, 0.15) is 19.0 Å². The van der Waals surface area contributed by atoms with E-state index >= 15 is 0 Å². The first-order valence-electron chi connectivity index (χ1n) is 10.4. The number of nitrogens with zero attached hydrogens (tertiary/aromatic N) is 2. The van der Waals surface area contributed by atoms with Gasteiger partial charge in [-0.15, -0.1) is 0 Å². The van der Waals surface area contributed by atoms with Gasteiger partial charge >= 0.3 is 0 Å². The van der Waals surface area contributed by atoms with E-state index in [-0.39, 0.29) is 6.61 Å². The van der Waals surface area contributed by atoms with Gasteiger partial charge in [0, 0.05) is 37.8 Å². The highest BCUT2D eigenvalue weighted by Crippen LogP contribution is 2.31. The van der Waals surface area contributed by atoms with Gasteiger partial charge in [-0.2, -0.15) is 0 Å². The third-order valence-electron chi connectivity index (χ3n) is 4.81. The van der Waals surface area contributed by atoms with Crippen molar-refractivity contribution in [2.75, 3.05) is 71.1 Å². The molecular weight excluding hydrogens is 397 g/mol. The largest absolute Gasteiger partial charge is 0.489 e. The Morgan fingerprint density at radius 2 is 1.68 bits per heavy atom. The van der Waals surface area contributed by atoms with E-state index in [1.165, 1.54) is 0 Å². The second-order valence-corrected chi connectivity index (χ2v) is 7.19. The number of pyridine rings is 1. The number of alkyl halides is 1. The van der Waals surface area contributed by atoms with Crippen LogP contribution in [-0.2, 0) is 9.47 Å². The molecule has 0 aliphatic carbocycles.